The molecule has 0 spiro atoms. The Hall–Kier alpha value is -5.29. The molecule has 278 valence electrons. The zero-order valence-corrected chi connectivity index (χ0v) is 29.1. The van der Waals surface area contributed by atoms with E-state index < -0.39 is 36.3 Å². The summed E-state index contributed by atoms with van der Waals surface area (Å²) >= 11 is 0. The predicted octanol–water partition coefficient (Wildman–Crippen LogP) is 6.74. The number of rotatable bonds is 12. The molecule has 1 aliphatic rings. The lowest BCUT2D eigenvalue weighted by Crippen LogP contribution is -2.42. The van der Waals surface area contributed by atoms with E-state index in [0.717, 1.165) is 25.5 Å². The third kappa shape index (κ3) is 10.4. The number of nitrogens with one attached hydrogen (secondary N) is 1. The Morgan fingerprint density at radius 3 is 2.54 bits per heavy atom. The highest BCUT2D eigenvalue weighted by Gasteiger charge is 2.37. The number of esters is 1. The molecule has 4 aromatic rings. The van der Waals surface area contributed by atoms with Gasteiger partial charge in [-0.15, -0.1) is 0 Å². The van der Waals surface area contributed by atoms with Crippen LogP contribution < -0.4 is 10.2 Å². The van der Waals surface area contributed by atoms with Gasteiger partial charge < -0.3 is 28.7 Å². The van der Waals surface area contributed by atoms with E-state index in [1.807, 2.05) is 0 Å². The van der Waals surface area contributed by atoms with Gasteiger partial charge in [0.25, 0.3) is 5.91 Å². The molecule has 1 aliphatic heterocycles. The molecule has 5 rings (SSSR count). The first-order valence-corrected chi connectivity index (χ1v) is 16.5. The number of benzene rings is 1. The number of pyridine rings is 1. The van der Waals surface area contributed by atoms with Crippen LogP contribution in [0.2, 0.25) is 0 Å². The van der Waals surface area contributed by atoms with E-state index in [0.29, 0.717) is 53.6 Å². The van der Waals surface area contributed by atoms with Crippen molar-refractivity contribution in [3.05, 3.63) is 72.0 Å². The van der Waals surface area contributed by atoms with Gasteiger partial charge in [-0.25, -0.2) is 24.2 Å². The number of carbonyl (C=O) groups is 3. The molecule has 0 aliphatic carbocycles. The fraction of sp³-hybridized carbons (Fsp3) is 0.429. The Kier molecular flexibility index (Phi) is 11.9. The normalized spacial score (nSPS) is 14.9. The first kappa shape index (κ1) is 38.0. The number of aromatic nitrogens is 4. The van der Waals surface area contributed by atoms with E-state index in [9.17, 15) is 27.6 Å². The Morgan fingerprint density at radius 1 is 1.10 bits per heavy atom. The average molecular weight is 729 g/mol. The maximum absolute atomic E-state index is 13.4. The van der Waals surface area contributed by atoms with E-state index in [1.54, 1.807) is 35.1 Å². The van der Waals surface area contributed by atoms with Crippen molar-refractivity contribution in [2.75, 3.05) is 37.1 Å². The number of aryl methyl sites for hydroxylation is 1. The van der Waals surface area contributed by atoms with Crippen LogP contribution in [-0.2, 0) is 25.4 Å². The van der Waals surface area contributed by atoms with Gasteiger partial charge in [0.2, 0.25) is 5.89 Å². The monoisotopic (exact) mass is 728 g/mol. The van der Waals surface area contributed by atoms with Gasteiger partial charge in [0.1, 0.15) is 24.2 Å². The van der Waals surface area contributed by atoms with Gasteiger partial charge in [-0.3, -0.25) is 9.69 Å². The molecular formula is C35H39F3N6O8. The fourth-order valence-electron chi connectivity index (χ4n) is 5.13. The summed E-state index contributed by atoms with van der Waals surface area (Å²) < 4.78 is 68.8. The van der Waals surface area contributed by atoms with E-state index in [1.165, 1.54) is 46.2 Å². The number of oxazole rings is 1. The molecule has 1 N–H and O–H groups in total. The minimum atomic E-state index is -4.75. The first-order valence-electron chi connectivity index (χ1n) is 16.5. The van der Waals surface area contributed by atoms with Crippen molar-refractivity contribution in [2.24, 2.45) is 0 Å². The Labute approximate surface area is 297 Å². The molecule has 17 heteroatoms. The molecule has 3 aromatic heterocycles. The molecule has 52 heavy (non-hydrogen) atoms. The number of methoxy groups -OCH3 is 1. The highest BCUT2D eigenvalue weighted by Crippen LogP contribution is 2.28. The number of alkyl halides is 3. The van der Waals surface area contributed by atoms with Crippen LogP contribution in [0.3, 0.4) is 0 Å². The van der Waals surface area contributed by atoms with Crippen LogP contribution in [0, 0.1) is 0 Å². The lowest BCUT2D eigenvalue weighted by molar-refractivity contribution is -0.162. The van der Waals surface area contributed by atoms with Crippen molar-refractivity contribution in [3.63, 3.8) is 0 Å². The Balaban J connectivity index is 1.34. The molecule has 0 bridgehead atoms. The van der Waals surface area contributed by atoms with Crippen LogP contribution in [0.25, 0.3) is 17.1 Å². The summed E-state index contributed by atoms with van der Waals surface area (Å²) in [6, 6.07) is 9.14. The molecule has 14 nitrogen and oxygen atoms in total. The minimum absolute atomic E-state index is 0.103. The molecule has 1 atom stereocenters. The second-order valence-electron chi connectivity index (χ2n) is 12.8. The zero-order valence-electron chi connectivity index (χ0n) is 29.1. The van der Waals surface area contributed by atoms with Crippen molar-refractivity contribution in [1.82, 2.24) is 19.7 Å². The third-order valence-electron chi connectivity index (χ3n) is 7.55. The molecule has 0 unspecified atom stereocenters. The fourth-order valence-corrected chi connectivity index (χ4v) is 5.13. The van der Waals surface area contributed by atoms with Crippen molar-refractivity contribution in [3.8, 4) is 17.1 Å². The first-order chi connectivity index (χ1) is 24.7. The SMILES string of the molecule is COC(=O)c1ccc(-n2cc(NC(=O)c3coc(-c4ccnc(N(CC(F)(F)F)C(=O)OC(C)(C)C)c4)n3)c(CCCO[C@H]3CCCCO3)n2)cc1. The van der Waals surface area contributed by atoms with Crippen molar-refractivity contribution in [2.45, 2.75) is 70.9 Å². The lowest BCUT2D eigenvalue weighted by atomic mass is 10.2. The summed E-state index contributed by atoms with van der Waals surface area (Å²) in [6.45, 7) is 4.00. The summed E-state index contributed by atoms with van der Waals surface area (Å²) in [5.41, 5.74) is 0.865. The predicted molar refractivity (Wildman–Crippen MR) is 180 cm³/mol. The van der Waals surface area contributed by atoms with Crippen molar-refractivity contribution < 1.29 is 50.9 Å². The molecule has 1 aromatic carbocycles. The average Bonchev–Trinajstić information content (AvgIpc) is 3.76. The standard InChI is InChI=1S/C35H39F3N6O8/c1-34(2,3)52-33(47)43(21-35(36,37)38)28-18-23(14-15-39-28)31-41-27(20-51-31)30(45)40-26-19-44(24-12-10-22(11-13-24)32(46)48-4)42-25(26)8-7-17-50-29-9-5-6-16-49-29/h10-15,18-20,29H,5-9,16-17,21H2,1-4H3,(H,40,45)/t29-/m0/s1. The van der Waals surface area contributed by atoms with Gasteiger partial charge in [0.15, 0.2) is 12.0 Å². The number of nitrogens with zero attached hydrogens (tertiary/aromatic N) is 5. The van der Waals surface area contributed by atoms with Crippen molar-refractivity contribution >= 4 is 29.5 Å². The quantitative estimate of drug-likeness (QED) is 0.122. The van der Waals surface area contributed by atoms with Gasteiger partial charge in [0.05, 0.1) is 42.5 Å². The number of carbonyl (C=O) groups excluding carboxylic acids is 3. The summed E-state index contributed by atoms with van der Waals surface area (Å²) in [6.07, 6.45) is 1.54. The number of amides is 2. The zero-order chi connectivity index (χ0) is 37.5. The van der Waals surface area contributed by atoms with Gasteiger partial charge in [-0.2, -0.15) is 18.3 Å². The lowest BCUT2D eigenvalue weighted by Gasteiger charge is -2.27. The van der Waals surface area contributed by atoms with Crippen LogP contribution in [-0.4, -0.2) is 82.7 Å². The van der Waals surface area contributed by atoms with E-state index in [4.69, 9.17) is 23.4 Å². The number of anilines is 2. The Morgan fingerprint density at radius 2 is 1.87 bits per heavy atom. The van der Waals surface area contributed by atoms with Gasteiger partial charge in [0, 0.05) is 18.4 Å². The molecule has 0 saturated carbocycles. The highest BCUT2D eigenvalue weighted by atomic mass is 19.4. The number of ether oxygens (including phenoxy) is 4. The van der Waals surface area contributed by atoms with Crippen molar-refractivity contribution in [1.29, 1.82) is 0 Å². The van der Waals surface area contributed by atoms with E-state index in [-0.39, 0.29) is 29.3 Å². The summed E-state index contributed by atoms with van der Waals surface area (Å²) in [5.74, 6) is -1.60. The molecular weight excluding hydrogens is 689 g/mol. The molecule has 2 amide bonds. The van der Waals surface area contributed by atoms with Crippen LogP contribution in [0.4, 0.5) is 29.5 Å². The molecule has 0 radical (unpaired) electrons. The molecule has 4 heterocycles. The summed E-state index contributed by atoms with van der Waals surface area (Å²) in [5, 5.41) is 7.48. The van der Waals surface area contributed by atoms with Crippen LogP contribution in [0.5, 0.6) is 0 Å². The van der Waals surface area contributed by atoms with Gasteiger partial charge >= 0.3 is 18.2 Å². The molecule has 1 fully saturated rings. The smallest absolute Gasteiger partial charge is 0.416 e. The second-order valence-corrected chi connectivity index (χ2v) is 12.8. The highest BCUT2D eigenvalue weighted by molar-refractivity contribution is 6.03. The maximum Gasteiger partial charge on any atom is 0.416 e. The second kappa shape index (κ2) is 16.4. The largest absolute Gasteiger partial charge is 0.465 e. The number of hydrogen-bond donors (Lipinski definition) is 1. The van der Waals surface area contributed by atoms with Crippen LogP contribution in [0.1, 0.15) is 73.0 Å². The Bertz CT molecular complexity index is 1850. The number of hydrogen-bond acceptors (Lipinski definition) is 11. The topological polar surface area (TPSA) is 160 Å². The van der Waals surface area contributed by atoms with Gasteiger partial charge in [-0.1, -0.05) is 0 Å². The third-order valence-corrected chi connectivity index (χ3v) is 7.55. The summed E-state index contributed by atoms with van der Waals surface area (Å²) in [7, 11) is 1.29. The van der Waals surface area contributed by atoms with Crippen LogP contribution in [0.15, 0.2) is 59.5 Å². The molecule has 1 saturated heterocycles. The number of halogens is 3. The van der Waals surface area contributed by atoms with E-state index >= 15 is 0 Å². The van der Waals surface area contributed by atoms with E-state index in [2.05, 4.69) is 20.4 Å². The van der Waals surface area contributed by atoms with Crippen LogP contribution >= 0.6 is 0 Å². The summed E-state index contributed by atoms with van der Waals surface area (Å²) in [4.78, 5) is 46.6. The van der Waals surface area contributed by atoms with Gasteiger partial charge in [-0.05, 0) is 89.3 Å². The minimum Gasteiger partial charge on any atom is -0.465 e. The maximum atomic E-state index is 13.4.